The maximum Gasteiger partial charge on any atom is 0.221 e. The number of nitrogens with one attached hydrogen (secondary N) is 1. The number of rotatable bonds is 2. The quantitative estimate of drug-likeness (QED) is 0.569. The molecular formula is C23H21N3O2. The van der Waals surface area contributed by atoms with E-state index < -0.39 is 0 Å². The minimum Gasteiger partial charge on any atom is -0.461 e. The number of aromatic nitrogens is 2. The highest BCUT2D eigenvalue weighted by Gasteiger charge is 2.30. The van der Waals surface area contributed by atoms with Crippen LogP contribution in [0, 0.1) is 13.8 Å². The molecule has 1 N–H and O–H groups in total. The molecule has 1 aromatic carbocycles. The highest BCUT2D eigenvalue weighted by atomic mass is 16.3. The normalized spacial score (nSPS) is 16.6. The fraction of sp³-hybridized carbons (Fsp3) is 0.217. The van der Waals surface area contributed by atoms with Gasteiger partial charge in [0.25, 0.3) is 0 Å². The van der Waals surface area contributed by atoms with Crippen LogP contribution in [0.3, 0.4) is 0 Å². The monoisotopic (exact) mass is 371 g/mol. The van der Waals surface area contributed by atoms with Crippen LogP contribution >= 0.6 is 0 Å². The zero-order chi connectivity index (χ0) is 19.3. The second-order valence-electron chi connectivity index (χ2n) is 7.41. The molecule has 1 atom stereocenters. The minimum absolute atomic E-state index is 0.0369. The molecule has 1 aliphatic heterocycles. The van der Waals surface area contributed by atoms with Gasteiger partial charge in [0.2, 0.25) is 5.91 Å². The van der Waals surface area contributed by atoms with Gasteiger partial charge in [-0.15, -0.1) is 0 Å². The number of fused-ring (bicyclic) bond motifs is 3. The predicted octanol–water partition coefficient (Wildman–Crippen LogP) is 4.36. The Balaban J connectivity index is 1.76. The van der Waals surface area contributed by atoms with Crippen molar-refractivity contribution in [1.82, 2.24) is 14.7 Å². The van der Waals surface area contributed by atoms with Crippen molar-refractivity contribution in [2.75, 3.05) is 0 Å². The number of benzene rings is 1. The molecule has 0 spiro atoms. The van der Waals surface area contributed by atoms with Crippen molar-refractivity contribution < 1.29 is 9.21 Å². The van der Waals surface area contributed by atoms with Crippen LogP contribution in [0.5, 0.6) is 0 Å². The van der Waals surface area contributed by atoms with Crippen LogP contribution in [-0.4, -0.2) is 15.3 Å². The third-order valence-corrected chi connectivity index (χ3v) is 5.39. The molecule has 0 radical (unpaired) electrons. The van der Waals surface area contributed by atoms with Gasteiger partial charge >= 0.3 is 0 Å². The number of furan rings is 1. The van der Waals surface area contributed by atoms with Crippen molar-refractivity contribution in [3.63, 3.8) is 0 Å². The van der Waals surface area contributed by atoms with Crippen LogP contribution in [0.15, 0.2) is 59.1 Å². The number of hydrogen-bond acceptors (Lipinski definition) is 3. The summed E-state index contributed by atoms with van der Waals surface area (Å²) in [6.07, 6.45) is 2.48. The summed E-state index contributed by atoms with van der Waals surface area (Å²) in [5, 5.41) is 3.00. The molecule has 0 saturated carbocycles. The maximum atomic E-state index is 12.5. The van der Waals surface area contributed by atoms with Gasteiger partial charge in [-0.1, -0.05) is 30.3 Å². The van der Waals surface area contributed by atoms with Crippen LogP contribution in [0.25, 0.3) is 17.0 Å². The predicted molar refractivity (Wildman–Crippen MR) is 107 cm³/mol. The Morgan fingerprint density at radius 1 is 1.11 bits per heavy atom. The summed E-state index contributed by atoms with van der Waals surface area (Å²) in [6, 6.07) is 16.2. The third kappa shape index (κ3) is 2.71. The van der Waals surface area contributed by atoms with Gasteiger partial charge in [0, 0.05) is 24.1 Å². The molecule has 1 amide bonds. The van der Waals surface area contributed by atoms with Gasteiger partial charge < -0.3 is 14.1 Å². The summed E-state index contributed by atoms with van der Waals surface area (Å²) in [7, 11) is 0. The molecule has 1 aliphatic rings. The van der Waals surface area contributed by atoms with E-state index in [0.29, 0.717) is 13.0 Å². The molecule has 3 aromatic heterocycles. The summed E-state index contributed by atoms with van der Waals surface area (Å²) in [4.78, 5) is 17.3. The number of pyridine rings is 1. The number of hydrogen-bond donors (Lipinski definition) is 1. The van der Waals surface area contributed by atoms with Gasteiger partial charge in [-0.2, -0.15) is 0 Å². The smallest absolute Gasteiger partial charge is 0.221 e. The van der Waals surface area contributed by atoms with Crippen LogP contribution in [0.2, 0.25) is 0 Å². The molecular weight excluding hydrogens is 350 g/mol. The number of carbonyl (C=O) groups excluding carboxylic acids is 1. The summed E-state index contributed by atoms with van der Waals surface area (Å²) >= 11 is 0. The number of nitrogens with zero attached hydrogens (tertiary/aromatic N) is 2. The minimum atomic E-state index is -0.101. The molecule has 5 rings (SSSR count). The molecule has 0 bridgehead atoms. The molecule has 4 aromatic rings. The second-order valence-corrected chi connectivity index (χ2v) is 7.41. The lowest BCUT2D eigenvalue weighted by molar-refractivity contribution is -0.121. The van der Waals surface area contributed by atoms with E-state index in [1.165, 1.54) is 0 Å². The molecule has 0 fully saturated rings. The first-order chi connectivity index (χ1) is 13.6. The van der Waals surface area contributed by atoms with Crippen molar-refractivity contribution in [2.45, 2.75) is 32.7 Å². The van der Waals surface area contributed by atoms with Gasteiger partial charge in [-0.05, 0) is 43.2 Å². The maximum absolute atomic E-state index is 12.5. The fourth-order valence-electron chi connectivity index (χ4n) is 4.12. The van der Waals surface area contributed by atoms with Gasteiger partial charge in [-0.3, -0.25) is 4.79 Å². The topological polar surface area (TPSA) is 59.5 Å². The highest BCUT2D eigenvalue weighted by Crippen LogP contribution is 2.38. The largest absolute Gasteiger partial charge is 0.461 e. The van der Waals surface area contributed by atoms with Crippen LogP contribution in [-0.2, 0) is 11.3 Å². The van der Waals surface area contributed by atoms with Crippen LogP contribution in [0.1, 0.15) is 40.6 Å². The first-order valence-electron chi connectivity index (χ1n) is 9.50. The van der Waals surface area contributed by atoms with E-state index in [2.05, 4.69) is 41.0 Å². The van der Waals surface area contributed by atoms with E-state index in [0.717, 1.165) is 45.2 Å². The average molecular weight is 371 g/mol. The highest BCUT2D eigenvalue weighted by molar-refractivity contribution is 5.79. The van der Waals surface area contributed by atoms with Gasteiger partial charge in [-0.25, -0.2) is 4.98 Å². The molecule has 0 aliphatic carbocycles. The summed E-state index contributed by atoms with van der Waals surface area (Å²) in [6.45, 7) is 4.46. The SMILES string of the molecule is Cc1ccc2nc3c(n2c1)C(c1ccccc1-c1ccc(C)o1)CC(=O)NC3. The molecule has 5 heteroatoms. The first-order valence-corrected chi connectivity index (χ1v) is 9.50. The standard InChI is InChI=1S/C23H21N3O2/c1-14-7-10-21-25-19-12-24-22(27)11-18(23(19)26(21)13-14)16-5-3-4-6-17(16)20-9-8-15(2)28-20/h3-10,13,18H,11-12H2,1-2H3,(H,24,27). The van der Waals surface area contributed by atoms with Crippen LogP contribution in [0.4, 0.5) is 0 Å². The van der Waals surface area contributed by atoms with Crippen molar-refractivity contribution in [3.8, 4) is 11.3 Å². The number of amides is 1. The third-order valence-electron chi connectivity index (χ3n) is 5.39. The van der Waals surface area contributed by atoms with Crippen molar-refractivity contribution >= 4 is 11.6 Å². The van der Waals surface area contributed by atoms with Crippen molar-refractivity contribution in [3.05, 3.63) is 83.0 Å². The average Bonchev–Trinajstić information content (AvgIpc) is 3.23. The van der Waals surface area contributed by atoms with E-state index in [-0.39, 0.29) is 11.8 Å². The zero-order valence-electron chi connectivity index (χ0n) is 15.9. The fourth-order valence-corrected chi connectivity index (χ4v) is 4.12. The Morgan fingerprint density at radius 3 is 2.79 bits per heavy atom. The molecule has 0 saturated heterocycles. The Hall–Kier alpha value is -3.34. The van der Waals surface area contributed by atoms with E-state index in [1.54, 1.807) is 0 Å². The van der Waals surface area contributed by atoms with Gasteiger partial charge in [0.05, 0.1) is 17.9 Å². The molecule has 1 unspecified atom stereocenters. The lowest BCUT2D eigenvalue weighted by Gasteiger charge is -2.19. The molecule has 4 heterocycles. The lowest BCUT2D eigenvalue weighted by Crippen LogP contribution is -2.21. The molecule has 5 nitrogen and oxygen atoms in total. The summed E-state index contributed by atoms with van der Waals surface area (Å²) in [5.41, 5.74) is 6.16. The van der Waals surface area contributed by atoms with E-state index in [1.807, 2.05) is 37.3 Å². The molecule has 28 heavy (non-hydrogen) atoms. The summed E-state index contributed by atoms with van der Waals surface area (Å²) in [5.74, 6) is 1.63. The van der Waals surface area contributed by atoms with Gasteiger partial charge in [0.15, 0.2) is 0 Å². The summed E-state index contributed by atoms with van der Waals surface area (Å²) < 4.78 is 8.05. The first kappa shape index (κ1) is 16.8. The van der Waals surface area contributed by atoms with Crippen molar-refractivity contribution in [2.24, 2.45) is 0 Å². The van der Waals surface area contributed by atoms with E-state index >= 15 is 0 Å². The van der Waals surface area contributed by atoms with Crippen molar-refractivity contribution in [1.29, 1.82) is 0 Å². The Labute approximate surface area is 163 Å². The Morgan fingerprint density at radius 2 is 1.96 bits per heavy atom. The Bertz CT molecular complexity index is 1200. The number of aryl methyl sites for hydroxylation is 2. The molecule has 140 valence electrons. The lowest BCUT2D eigenvalue weighted by atomic mass is 9.87. The van der Waals surface area contributed by atoms with Crippen LogP contribution < -0.4 is 5.32 Å². The number of imidazole rings is 1. The zero-order valence-corrected chi connectivity index (χ0v) is 15.9. The Kier molecular flexibility index (Phi) is 3.83. The second kappa shape index (κ2) is 6.37. The number of carbonyl (C=O) groups is 1. The van der Waals surface area contributed by atoms with E-state index in [4.69, 9.17) is 9.40 Å². The van der Waals surface area contributed by atoms with Gasteiger partial charge in [0.1, 0.15) is 17.2 Å². The van der Waals surface area contributed by atoms with E-state index in [9.17, 15) is 4.79 Å².